The molecule has 0 aliphatic carbocycles. The molecule has 0 bridgehead atoms. The van der Waals surface area contributed by atoms with E-state index in [4.69, 9.17) is 18.0 Å². The number of benzene rings is 1. The van der Waals surface area contributed by atoms with E-state index in [-0.39, 0.29) is 5.91 Å². The monoisotopic (exact) mass is 268 g/mol. The smallest absolute Gasteiger partial charge is 0.253 e. The van der Waals surface area contributed by atoms with Crippen molar-refractivity contribution in [2.45, 2.75) is 11.3 Å². The molecule has 0 fully saturated rings. The average Bonchev–Trinajstić information content (AvgIpc) is 2.35. The molecule has 1 aromatic rings. The van der Waals surface area contributed by atoms with Gasteiger partial charge < -0.3 is 10.6 Å². The van der Waals surface area contributed by atoms with Gasteiger partial charge in [0.15, 0.2) is 0 Å². The van der Waals surface area contributed by atoms with Gasteiger partial charge in [0.2, 0.25) is 0 Å². The van der Waals surface area contributed by atoms with Crippen molar-refractivity contribution in [3.8, 4) is 0 Å². The number of thioether (sulfide) groups is 1. The fourth-order valence-corrected chi connectivity index (χ4v) is 1.83. The van der Waals surface area contributed by atoms with Crippen LogP contribution in [0.5, 0.6) is 0 Å². The number of nitrogens with two attached hydrogens (primary N) is 1. The van der Waals surface area contributed by atoms with Crippen LogP contribution in [0, 0.1) is 0 Å². The maximum absolute atomic E-state index is 12.0. The minimum absolute atomic E-state index is 0.00565. The molecule has 0 heterocycles. The van der Waals surface area contributed by atoms with Gasteiger partial charge in [0.25, 0.3) is 5.91 Å². The van der Waals surface area contributed by atoms with Gasteiger partial charge in [-0.25, -0.2) is 0 Å². The lowest BCUT2D eigenvalue weighted by Crippen LogP contribution is -2.29. The SMILES string of the molecule is CSc1ccc(C(=O)N(C)CCC(N)=S)cc1. The maximum Gasteiger partial charge on any atom is 0.253 e. The highest BCUT2D eigenvalue weighted by molar-refractivity contribution is 7.98. The maximum atomic E-state index is 12.0. The van der Waals surface area contributed by atoms with Gasteiger partial charge in [-0.2, -0.15) is 0 Å². The van der Waals surface area contributed by atoms with Crippen molar-refractivity contribution in [1.82, 2.24) is 4.90 Å². The van der Waals surface area contributed by atoms with Crippen molar-refractivity contribution >= 4 is 34.9 Å². The summed E-state index contributed by atoms with van der Waals surface area (Å²) in [6.45, 7) is 0.554. The van der Waals surface area contributed by atoms with Crippen LogP contribution in [0.4, 0.5) is 0 Å². The number of carbonyl (C=O) groups is 1. The fourth-order valence-electron chi connectivity index (χ4n) is 1.33. The highest BCUT2D eigenvalue weighted by Crippen LogP contribution is 2.15. The van der Waals surface area contributed by atoms with E-state index in [2.05, 4.69) is 0 Å². The second-order valence-corrected chi connectivity index (χ2v) is 5.08. The van der Waals surface area contributed by atoms with Crippen LogP contribution >= 0.6 is 24.0 Å². The lowest BCUT2D eigenvalue weighted by Gasteiger charge is -2.16. The predicted molar refractivity (Wildman–Crippen MR) is 76.6 cm³/mol. The summed E-state index contributed by atoms with van der Waals surface area (Å²) in [4.78, 5) is 15.2. The molecule has 0 aliphatic rings. The first-order valence-corrected chi connectivity index (χ1v) is 6.85. The molecular formula is C12H16N2OS2. The Morgan fingerprint density at radius 1 is 1.41 bits per heavy atom. The normalized spacial score (nSPS) is 10.0. The molecule has 0 aromatic heterocycles. The number of rotatable bonds is 5. The summed E-state index contributed by atoms with van der Waals surface area (Å²) in [6.07, 6.45) is 2.56. The molecule has 1 aromatic carbocycles. The largest absolute Gasteiger partial charge is 0.393 e. The topological polar surface area (TPSA) is 46.3 Å². The first-order chi connectivity index (χ1) is 8.04. The van der Waals surface area contributed by atoms with E-state index < -0.39 is 0 Å². The summed E-state index contributed by atoms with van der Waals surface area (Å²) in [5.74, 6) is -0.00565. The number of thiocarbonyl (C=S) groups is 1. The second-order valence-electron chi connectivity index (χ2n) is 3.67. The van der Waals surface area contributed by atoms with Crippen LogP contribution in [-0.2, 0) is 0 Å². The van der Waals surface area contributed by atoms with E-state index >= 15 is 0 Å². The molecule has 17 heavy (non-hydrogen) atoms. The number of amides is 1. The van der Waals surface area contributed by atoms with E-state index in [1.165, 1.54) is 0 Å². The van der Waals surface area contributed by atoms with E-state index in [0.29, 0.717) is 23.5 Å². The van der Waals surface area contributed by atoms with Crippen LogP contribution in [0.2, 0.25) is 0 Å². The molecule has 3 nitrogen and oxygen atoms in total. The van der Waals surface area contributed by atoms with E-state index in [1.54, 1.807) is 23.7 Å². The van der Waals surface area contributed by atoms with Gasteiger partial charge in [0, 0.05) is 30.5 Å². The summed E-state index contributed by atoms with van der Waals surface area (Å²) in [5, 5.41) is 0. The van der Waals surface area contributed by atoms with Crippen molar-refractivity contribution in [3.63, 3.8) is 0 Å². The zero-order chi connectivity index (χ0) is 12.8. The molecule has 0 radical (unpaired) electrons. The first-order valence-electron chi connectivity index (χ1n) is 5.22. The summed E-state index contributed by atoms with van der Waals surface area (Å²) in [6, 6.07) is 7.56. The lowest BCUT2D eigenvalue weighted by atomic mass is 10.2. The Morgan fingerprint density at radius 2 is 2.00 bits per heavy atom. The molecule has 0 aliphatic heterocycles. The Bertz CT molecular complexity index is 403. The predicted octanol–water partition coefficient (Wildman–Crippen LogP) is 2.16. The van der Waals surface area contributed by atoms with Crippen molar-refractivity contribution < 1.29 is 4.79 Å². The average molecular weight is 268 g/mol. The summed E-state index contributed by atoms with van der Waals surface area (Å²) >= 11 is 6.44. The molecule has 0 saturated heterocycles. The van der Waals surface area contributed by atoms with Gasteiger partial charge in [-0.1, -0.05) is 12.2 Å². The molecule has 0 unspecified atom stereocenters. The molecule has 92 valence electrons. The Balaban J connectivity index is 2.64. The Kier molecular flexibility index (Phi) is 5.44. The Labute approximate surface area is 111 Å². The number of hydrogen-bond acceptors (Lipinski definition) is 3. The number of hydrogen-bond donors (Lipinski definition) is 1. The zero-order valence-corrected chi connectivity index (χ0v) is 11.6. The van der Waals surface area contributed by atoms with Crippen LogP contribution < -0.4 is 5.73 Å². The van der Waals surface area contributed by atoms with Gasteiger partial charge in [-0.05, 0) is 30.5 Å². The molecule has 1 amide bonds. The van der Waals surface area contributed by atoms with Gasteiger partial charge in [-0.15, -0.1) is 11.8 Å². The summed E-state index contributed by atoms with van der Waals surface area (Å²) in [5.41, 5.74) is 6.10. The second kappa shape index (κ2) is 6.61. The fraction of sp³-hybridized carbons (Fsp3) is 0.333. The lowest BCUT2D eigenvalue weighted by molar-refractivity contribution is 0.0799. The standard InChI is InChI=1S/C12H16N2OS2/c1-14(8-7-11(13)16)12(15)9-3-5-10(17-2)6-4-9/h3-6H,7-8H2,1-2H3,(H2,13,16). The first kappa shape index (κ1) is 14.0. The third-order valence-electron chi connectivity index (χ3n) is 2.38. The van der Waals surface area contributed by atoms with E-state index in [9.17, 15) is 4.79 Å². The van der Waals surface area contributed by atoms with Crippen LogP contribution in [0.3, 0.4) is 0 Å². The molecule has 0 saturated carbocycles. The van der Waals surface area contributed by atoms with E-state index in [1.807, 2.05) is 30.5 Å². The van der Waals surface area contributed by atoms with Crippen molar-refractivity contribution in [3.05, 3.63) is 29.8 Å². The minimum Gasteiger partial charge on any atom is -0.393 e. The van der Waals surface area contributed by atoms with Crippen molar-refractivity contribution in [2.75, 3.05) is 19.8 Å². The summed E-state index contributed by atoms with van der Waals surface area (Å²) < 4.78 is 0. The Hall–Kier alpha value is -1.07. The highest BCUT2D eigenvalue weighted by Gasteiger charge is 2.11. The summed E-state index contributed by atoms with van der Waals surface area (Å²) in [7, 11) is 1.75. The van der Waals surface area contributed by atoms with Crippen molar-refractivity contribution in [2.24, 2.45) is 5.73 Å². The van der Waals surface area contributed by atoms with Gasteiger partial charge >= 0.3 is 0 Å². The highest BCUT2D eigenvalue weighted by atomic mass is 32.2. The number of nitrogens with zero attached hydrogens (tertiary/aromatic N) is 1. The molecule has 0 spiro atoms. The Morgan fingerprint density at radius 3 is 2.47 bits per heavy atom. The third-order valence-corrected chi connectivity index (χ3v) is 3.32. The molecule has 1 rings (SSSR count). The van der Waals surface area contributed by atoms with Crippen LogP contribution in [-0.4, -0.2) is 35.6 Å². The number of carbonyl (C=O) groups excluding carboxylic acids is 1. The van der Waals surface area contributed by atoms with Crippen LogP contribution in [0.25, 0.3) is 0 Å². The molecule has 5 heteroatoms. The van der Waals surface area contributed by atoms with Gasteiger partial charge in [0.05, 0.1) is 4.99 Å². The van der Waals surface area contributed by atoms with E-state index in [0.717, 1.165) is 4.90 Å². The molecular weight excluding hydrogens is 252 g/mol. The quantitative estimate of drug-likeness (QED) is 0.656. The van der Waals surface area contributed by atoms with Gasteiger partial charge in [0.1, 0.15) is 0 Å². The zero-order valence-electron chi connectivity index (χ0n) is 9.97. The minimum atomic E-state index is -0.00565. The molecule has 2 N–H and O–H groups in total. The third kappa shape index (κ3) is 4.36. The molecule has 0 atom stereocenters. The van der Waals surface area contributed by atoms with Crippen LogP contribution in [0.1, 0.15) is 16.8 Å². The van der Waals surface area contributed by atoms with Crippen molar-refractivity contribution in [1.29, 1.82) is 0 Å². The van der Waals surface area contributed by atoms with Crippen LogP contribution in [0.15, 0.2) is 29.2 Å². The van der Waals surface area contributed by atoms with Gasteiger partial charge in [-0.3, -0.25) is 4.79 Å².